The Bertz CT molecular complexity index is 221. The van der Waals surface area contributed by atoms with Crippen molar-refractivity contribution in [2.45, 2.75) is 50.3 Å². The molecule has 0 unspecified atom stereocenters. The number of esters is 1. The molecule has 0 aliphatic carbocycles. The Labute approximate surface area is 104 Å². The van der Waals surface area contributed by atoms with Crippen molar-refractivity contribution in [2.24, 2.45) is 0 Å². The molecule has 0 aromatic carbocycles. The van der Waals surface area contributed by atoms with Crippen molar-refractivity contribution in [3.8, 4) is 0 Å². The van der Waals surface area contributed by atoms with Crippen LogP contribution in [0.25, 0.3) is 0 Å². The Balaban J connectivity index is 4.04. The van der Waals surface area contributed by atoms with Gasteiger partial charge in [0.2, 0.25) is 0 Å². The molecule has 0 aliphatic rings. The second-order valence-corrected chi connectivity index (χ2v) is 5.62. The van der Waals surface area contributed by atoms with Gasteiger partial charge in [-0.25, -0.2) is 0 Å². The first-order valence-corrected chi connectivity index (χ1v) is 8.47. The minimum absolute atomic E-state index is 0.180. The van der Waals surface area contributed by atoms with Gasteiger partial charge in [0, 0.05) is 0 Å². The summed E-state index contributed by atoms with van der Waals surface area (Å²) in [5, 5.41) is 3.61. The fourth-order valence-corrected chi connectivity index (χ4v) is 2.14. The van der Waals surface area contributed by atoms with Crippen molar-refractivity contribution < 1.29 is 14.3 Å². The normalized spacial score (nSPS) is 11.9. The third kappa shape index (κ3) is 7.71. The topological polar surface area (TPSA) is 55.4 Å². The molecule has 0 saturated carbocycles. The van der Waals surface area contributed by atoms with E-state index in [0.717, 1.165) is 18.2 Å². The van der Waals surface area contributed by atoms with Gasteiger partial charge in [0.25, 0.3) is 0 Å². The Morgan fingerprint density at radius 3 is 2.62 bits per heavy atom. The number of nitrogens with one attached hydrogen (secondary N) is 1. The second-order valence-electron chi connectivity index (χ2n) is 3.56. The predicted molar refractivity (Wildman–Crippen MR) is 64.5 cm³/mol. The van der Waals surface area contributed by atoms with Gasteiger partial charge in [-0.1, -0.05) is 0 Å². The van der Waals surface area contributed by atoms with Gasteiger partial charge in [-0.15, -0.1) is 0 Å². The van der Waals surface area contributed by atoms with Crippen LogP contribution in [0.15, 0.2) is 0 Å². The number of hydrogen-bond acceptors (Lipinski definition) is 3. The van der Waals surface area contributed by atoms with Gasteiger partial charge in [0.05, 0.1) is 0 Å². The summed E-state index contributed by atoms with van der Waals surface area (Å²) in [6.45, 7) is 3.91. The molecule has 16 heavy (non-hydrogen) atoms. The van der Waals surface area contributed by atoms with Crippen LogP contribution in [0.3, 0.4) is 0 Å². The van der Waals surface area contributed by atoms with Crippen LogP contribution in [0.2, 0.25) is 11.1 Å². The molecular weight excluding hydrogens is 273 g/mol. The average Bonchev–Trinajstić information content (AvgIpc) is 2.23. The van der Waals surface area contributed by atoms with Crippen molar-refractivity contribution in [1.82, 2.24) is 5.32 Å². The third-order valence-corrected chi connectivity index (χ3v) is 3.37. The maximum atomic E-state index is 11.6. The average molecular weight is 294 g/mol. The molecule has 0 radical (unpaired) electrons. The molecule has 0 saturated heterocycles. The Kier molecular flexibility index (Phi) is 9.34. The van der Waals surface area contributed by atoms with E-state index in [4.69, 9.17) is 4.74 Å². The van der Waals surface area contributed by atoms with Crippen LogP contribution in [0.4, 0.5) is 0 Å². The van der Waals surface area contributed by atoms with Gasteiger partial charge in [0.1, 0.15) is 0 Å². The molecule has 94 valence electrons. The van der Waals surface area contributed by atoms with E-state index in [0.29, 0.717) is 28.0 Å². The number of ether oxygens (including phenoxy) is 1. The van der Waals surface area contributed by atoms with Crippen LogP contribution in [0, 0.1) is 0 Å². The quantitative estimate of drug-likeness (QED) is 0.418. The zero-order chi connectivity index (χ0) is 12.4. The van der Waals surface area contributed by atoms with Crippen LogP contribution in [0.1, 0.15) is 33.1 Å². The summed E-state index contributed by atoms with van der Waals surface area (Å²) in [4.78, 5) is 22.6. The van der Waals surface area contributed by atoms with E-state index in [-0.39, 0.29) is 11.9 Å². The summed E-state index contributed by atoms with van der Waals surface area (Å²) in [5.74, 6) is 1.63. The molecule has 0 fully saturated rings. The second kappa shape index (κ2) is 9.67. The van der Waals surface area contributed by atoms with E-state index >= 15 is 0 Å². The molecule has 5 heteroatoms. The van der Waals surface area contributed by atoms with Crippen LogP contribution < -0.4 is 5.32 Å². The number of rotatable bonds is 8. The van der Waals surface area contributed by atoms with Crippen molar-refractivity contribution in [2.75, 3.05) is 6.61 Å². The molecule has 0 heterocycles. The van der Waals surface area contributed by atoms with E-state index in [1.807, 2.05) is 6.92 Å². The summed E-state index contributed by atoms with van der Waals surface area (Å²) in [7, 11) is 0. The Morgan fingerprint density at radius 1 is 1.44 bits per heavy atom. The van der Waals surface area contributed by atoms with Crippen molar-refractivity contribution in [3.63, 3.8) is 0 Å². The van der Waals surface area contributed by atoms with E-state index < -0.39 is 6.04 Å². The summed E-state index contributed by atoms with van der Waals surface area (Å²) in [5.41, 5.74) is 0. The van der Waals surface area contributed by atoms with E-state index in [2.05, 4.69) is 11.1 Å². The fourth-order valence-electron chi connectivity index (χ4n) is 1.15. The Morgan fingerprint density at radius 2 is 2.12 bits per heavy atom. The zero-order valence-corrected chi connectivity index (χ0v) is 12.0. The predicted octanol–water partition coefficient (Wildman–Crippen LogP) is 1.40. The zero-order valence-electron chi connectivity index (χ0n) is 10.2. The van der Waals surface area contributed by atoms with Gasteiger partial charge < -0.3 is 0 Å². The summed E-state index contributed by atoms with van der Waals surface area (Å²) in [6, 6.07) is -0.462. The summed E-state index contributed by atoms with van der Waals surface area (Å²) < 4.78 is 5.10. The van der Waals surface area contributed by atoms with Crippen LogP contribution in [-0.2, 0) is 14.3 Å². The molecule has 0 aromatic heterocycles. The number of carbonyl (C=O) groups excluding carboxylic acids is 2. The fraction of sp³-hybridized carbons (Fsp3) is 0.818. The molecular formula is C11H21NO3Se. The maximum absolute atomic E-state index is 11.6. The molecule has 4 nitrogen and oxygen atoms in total. The summed E-state index contributed by atoms with van der Waals surface area (Å²) >= 11 is 0.514. The van der Waals surface area contributed by atoms with Crippen LogP contribution in [-0.4, -0.2) is 39.5 Å². The molecule has 0 aromatic rings. The molecule has 0 aliphatic heterocycles. The molecule has 0 rings (SSSR count). The first-order valence-electron chi connectivity index (χ1n) is 5.54. The number of carbonyl (C=O) groups is 2. The van der Waals surface area contributed by atoms with Crippen LogP contribution >= 0.6 is 0 Å². The van der Waals surface area contributed by atoms with Gasteiger partial charge in [-0.2, -0.15) is 0 Å². The van der Waals surface area contributed by atoms with Gasteiger partial charge in [-0.05, 0) is 0 Å². The third-order valence-electron chi connectivity index (χ3n) is 2.01. The number of hydrogen-bond donors (Lipinski definition) is 1. The SMILES string of the molecule is CCCCOC(=O)[C@H](CC[Se]C)NC(C)=O. The number of unbranched alkanes of at least 4 members (excludes halogenated alkanes) is 1. The molecule has 1 amide bonds. The van der Waals surface area contributed by atoms with Gasteiger partial charge in [0.15, 0.2) is 0 Å². The van der Waals surface area contributed by atoms with Crippen molar-refractivity contribution >= 4 is 26.8 Å². The first-order chi connectivity index (χ1) is 7.61. The van der Waals surface area contributed by atoms with Crippen LogP contribution in [0.5, 0.6) is 0 Å². The van der Waals surface area contributed by atoms with Gasteiger partial charge in [-0.3, -0.25) is 0 Å². The molecule has 1 N–H and O–H groups in total. The van der Waals surface area contributed by atoms with E-state index in [1.165, 1.54) is 6.92 Å². The van der Waals surface area contributed by atoms with Gasteiger partial charge >= 0.3 is 103 Å². The number of amides is 1. The first kappa shape index (κ1) is 15.5. The minimum atomic E-state index is -0.462. The van der Waals surface area contributed by atoms with E-state index in [1.54, 1.807) is 0 Å². The summed E-state index contributed by atoms with van der Waals surface area (Å²) in [6.07, 6.45) is 2.55. The Hall–Kier alpha value is -0.541. The van der Waals surface area contributed by atoms with Crippen molar-refractivity contribution in [1.29, 1.82) is 0 Å². The van der Waals surface area contributed by atoms with E-state index in [9.17, 15) is 9.59 Å². The molecule has 1 atom stereocenters. The molecule has 0 spiro atoms. The standard InChI is InChI=1S/C11H21NO3Se/c1-4-5-7-15-11(14)10(6-8-16-3)12-9(2)13/h10H,4-8H2,1-3H3,(H,12,13)/t10-/m0/s1. The monoisotopic (exact) mass is 295 g/mol. The molecule has 0 bridgehead atoms. The van der Waals surface area contributed by atoms with Crippen molar-refractivity contribution in [3.05, 3.63) is 0 Å².